The van der Waals surface area contributed by atoms with Gasteiger partial charge in [0.05, 0.1) is 29.6 Å². The number of hydrogen-bond donors (Lipinski definition) is 0. The Balaban J connectivity index is 2.13. The van der Waals surface area contributed by atoms with Gasteiger partial charge < -0.3 is 9.29 Å². The third-order valence-electron chi connectivity index (χ3n) is 4.60. The van der Waals surface area contributed by atoms with Crippen molar-refractivity contribution in [1.82, 2.24) is 0 Å². The zero-order chi connectivity index (χ0) is 21.1. The van der Waals surface area contributed by atoms with Gasteiger partial charge in [-0.05, 0) is 30.0 Å². The summed E-state index contributed by atoms with van der Waals surface area (Å²) in [5.74, 6) is 0.0141. The summed E-state index contributed by atoms with van der Waals surface area (Å²) in [4.78, 5) is 12.0. The highest BCUT2D eigenvalue weighted by molar-refractivity contribution is 7.90. The van der Waals surface area contributed by atoms with E-state index in [1.54, 1.807) is 6.92 Å². The average molecular weight is 414 g/mol. The van der Waals surface area contributed by atoms with E-state index < -0.39 is 11.4 Å². The minimum atomic E-state index is -1.26. The van der Waals surface area contributed by atoms with Crippen molar-refractivity contribution in [3.8, 4) is 11.1 Å². The average Bonchev–Trinajstić information content (AvgIpc) is 2.73. The van der Waals surface area contributed by atoms with Crippen LogP contribution in [0.2, 0.25) is 0 Å². The maximum atomic E-state index is 12.3. The molecular formula is C24H31NO3S. The van der Waals surface area contributed by atoms with Crippen molar-refractivity contribution >= 4 is 23.0 Å². The van der Waals surface area contributed by atoms with Crippen LogP contribution in [0.1, 0.15) is 45.6 Å². The molecule has 0 heterocycles. The van der Waals surface area contributed by atoms with E-state index in [0.29, 0.717) is 25.2 Å². The van der Waals surface area contributed by atoms with Crippen molar-refractivity contribution in [2.75, 3.05) is 12.4 Å². The van der Waals surface area contributed by atoms with E-state index in [1.807, 2.05) is 25.1 Å². The lowest BCUT2D eigenvalue weighted by atomic mass is 9.97. The molecule has 0 saturated heterocycles. The van der Waals surface area contributed by atoms with Crippen LogP contribution in [0, 0.1) is 5.92 Å². The second-order valence-electron chi connectivity index (χ2n) is 7.13. The molecule has 5 heteroatoms. The Bertz CT molecular complexity index is 774. The van der Waals surface area contributed by atoms with Crippen LogP contribution in [0.15, 0.2) is 59.0 Å². The van der Waals surface area contributed by atoms with E-state index in [-0.39, 0.29) is 11.9 Å². The van der Waals surface area contributed by atoms with Gasteiger partial charge >= 0.3 is 5.97 Å². The molecule has 0 N–H and O–H groups in total. The van der Waals surface area contributed by atoms with Crippen LogP contribution in [-0.2, 0) is 27.3 Å². The molecular weight excluding hydrogens is 382 g/mol. The fourth-order valence-electron chi connectivity index (χ4n) is 3.00. The van der Waals surface area contributed by atoms with Gasteiger partial charge in [-0.1, -0.05) is 79.3 Å². The molecule has 2 atom stereocenters. The molecule has 2 aromatic rings. The van der Waals surface area contributed by atoms with Gasteiger partial charge in [0.15, 0.2) is 0 Å². The number of carbonyl (C=O) groups is 1. The fraction of sp³-hybridized carbons (Fsp3) is 0.417. The summed E-state index contributed by atoms with van der Waals surface area (Å²) in [6.07, 6.45) is 2.90. The molecule has 0 radical (unpaired) electrons. The quantitative estimate of drug-likeness (QED) is 0.282. The molecule has 0 aliphatic rings. The molecule has 0 aromatic heterocycles. The second kappa shape index (κ2) is 12.5. The van der Waals surface area contributed by atoms with Crippen molar-refractivity contribution in [2.24, 2.45) is 10.3 Å². The number of nitrogens with zero attached hydrogens (tertiary/aromatic N) is 1. The summed E-state index contributed by atoms with van der Waals surface area (Å²) in [7, 11) is 0. The van der Waals surface area contributed by atoms with E-state index in [2.05, 4.69) is 47.7 Å². The highest BCUT2D eigenvalue weighted by Crippen LogP contribution is 2.20. The SMILES string of the molecule is CCCC[S@+]([O-])/N=C(/Cc1ccc(-c2ccccc2)cc1)CC(C)C(=O)OCC. The number of esters is 1. The number of carbonyl (C=O) groups excluding carboxylic acids is 1. The van der Waals surface area contributed by atoms with Gasteiger partial charge in [-0.3, -0.25) is 4.79 Å². The normalized spacial score (nSPS) is 13.7. The summed E-state index contributed by atoms with van der Waals surface area (Å²) >= 11 is -1.26. The number of rotatable bonds is 11. The topological polar surface area (TPSA) is 61.7 Å². The summed E-state index contributed by atoms with van der Waals surface area (Å²) < 4.78 is 21.9. The molecule has 0 fully saturated rings. The van der Waals surface area contributed by atoms with E-state index >= 15 is 0 Å². The van der Waals surface area contributed by atoms with Gasteiger partial charge in [0.2, 0.25) is 0 Å². The van der Waals surface area contributed by atoms with Crippen molar-refractivity contribution in [3.05, 3.63) is 60.2 Å². The van der Waals surface area contributed by atoms with Gasteiger partial charge in [0.1, 0.15) is 5.75 Å². The summed E-state index contributed by atoms with van der Waals surface area (Å²) in [6, 6.07) is 18.5. The molecule has 0 bridgehead atoms. The Kier molecular flexibility index (Phi) is 9.95. The molecule has 1 unspecified atom stereocenters. The third kappa shape index (κ3) is 8.03. The lowest BCUT2D eigenvalue weighted by Gasteiger charge is -2.13. The van der Waals surface area contributed by atoms with Crippen molar-refractivity contribution in [3.63, 3.8) is 0 Å². The molecule has 0 aliphatic carbocycles. The predicted molar refractivity (Wildman–Crippen MR) is 121 cm³/mol. The van der Waals surface area contributed by atoms with E-state index in [9.17, 15) is 9.35 Å². The molecule has 0 saturated carbocycles. The van der Waals surface area contributed by atoms with E-state index in [4.69, 9.17) is 4.74 Å². The summed E-state index contributed by atoms with van der Waals surface area (Å²) in [6.45, 7) is 6.06. The molecule has 2 aromatic carbocycles. The first-order valence-corrected chi connectivity index (χ1v) is 11.6. The highest BCUT2D eigenvalue weighted by Gasteiger charge is 2.19. The molecule has 0 amide bonds. The van der Waals surface area contributed by atoms with Crippen LogP contribution in [0.25, 0.3) is 11.1 Å². The standard InChI is InChI=1S/C24H31NO3S/c1-4-6-16-29(27)25-23(17-19(3)24(26)28-5-2)18-20-12-14-22(15-13-20)21-10-8-7-9-11-21/h7-15,19H,4-6,16-18H2,1-3H3/b25-23+/t19?,29-/m0/s1. The zero-order valence-electron chi connectivity index (χ0n) is 17.6. The Morgan fingerprint density at radius 1 is 1.07 bits per heavy atom. The van der Waals surface area contributed by atoms with Gasteiger partial charge in [0.25, 0.3) is 0 Å². The van der Waals surface area contributed by atoms with Crippen LogP contribution in [-0.4, -0.2) is 28.6 Å². The zero-order valence-corrected chi connectivity index (χ0v) is 18.4. The molecule has 29 heavy (non-hydrogen) atoms. The Hall–Kier alpha value is -2.11. The Morgan fingerprint density at radius 3 is 2.34 bits per heavy atom. The molecule has 0 spiro atoms. The lowest BCUT2D eigenvalue weighted by molar-refractivity contribution is -0.147. The summed E-state index contributed by atoms with van der Waals surface area (Å²) in [5.41, 5.74) is 4.20. The lowest BCUT2D eigenvalue weighted by Crippen LogP contribution is -2.20. The first-order valence-electron chi connectivity index (χ1n) is 10.3. The monoisotopic (exact) mass is 413 g/mol. The number of unbranched alkanes of at least 4 members (excludes halogenated alkanes) is 1. The smallest absolute Gasteiger partial charge is 0.309 e. The van der Waals surface area contributed by atoms with Gasteiger partial charge in [0, 0.05) is 12.8 Å². The number of hydrogen-bond acceptors (Lipinski definition) is 4. The van der Waals surface area contributed by atoms with Gasteiger partial charge in [-0.2, -0.15) is 0 Å². The first-order chi connectivity index (χ1) is 14.0. The minimum Gasteiger partial charge on any atom is -0.591 e. The summed E-state index contributed by atoms with van der Waals surface area (Å²) in [5, 5.41) is 0. The highest BCUT2D eigenvalue weighted by atomic mass is 32.2. The molecule has 0 aliphatic heterocycles. The van der Waals surface area contributed by atoms with E-state index in [0.717, 1.165) is 29.7 Å². The third-order valence-corrected chi connectivity index (χ3v) is 5.70. The van der Waals surface area contributed by atoms with Crippen LogP contribution in [0.4, 0.5) is 0 Å². The number of ether oxygens (including phenoxy) is 1. The molecule has 2 rings (SSSR count). The van der Waals surface area contributed by atoms with Crippen LogP contribution < -0.4 is 0 Å². The predicted octanol–water partition coefficient (Wildman–Crippen LogP) is 5.39. The molecule has 156 valence electrons. The van der Waals surface area contributed by atoms with E-state index in [1.165, 1.54) is 5.56 Å². The van der Waals surface area contributed by atoms with Gasteiger partial charge in [-0.15, -0.1) is 0 Å². The number of benzene rings is 2. The van der Waals surface area contributed by atoms with Crippen LogP contribution >= 0.6 is 0 Å². The van der Waals surface area contributed by atoms with Gasteiger partial charge in [-0.25, -0.2) is 0 Å². The van der Waals surface area contributed by atoms with Crippen molar-refractivity contribution < 1.29 is 14.1 Å². The Morgan fingerprint density at radius 2 is 1.72 bits per heavy atom. The van der Waals surface area contributed by atoms with Crippen LogP contribution in [0.5, 0.6) is 0 Å². The first kappa shape index (κ1) is 23.2. The maximum absolute atomic E-state index is 12.3. The minimum absolute atomic E-state index is 0.237. The van der Waals surface area contributed by atoms with Crippen molar-refractivity contribution in [2.45, 2.75) is 46.5 Å². The molecule has 4 nitrogen and oxygen atoms in total. The fourth-order valence-corrected chi connectivity index (χ4v) is 4.06. The van der Waals surface area contributed by atoms with Crippen LogP contribution in [0.3, 0.4) is 0 Å². The maximum Gasteiger partial charge on any atom is 0.309 e. The second-order valence-corrected chi connectivity index (χ2v) is 8.37. The Labute approximate surface area is 177 Å². The van der Waals surface area contributed by atoms with Crippen molar-refractivity contribution in [1.29, 1.82) is 0 Å². The largest absolute Gasteiger partial charge is 0.591 e.